The number of rotatable bonds is 8. The zero-order chi connectivity index (χ0) is 12.6. The highest BCUT2D eigenvalue weighted by Gasteiger charge is 2.16. The molecule has 2 heteroatoms. The zero-order valence-electron chi connectivity index (χ0n) is 11.6. The molecular formula is C14H28OS. The number of Topliss-reactive ketones (excluding diaryl/α,β-unsaturated/α-hetero) is 1. The molecule has 0 bridgehead atoms. The predicted octanol–water partition coefficient (Wildman–Crippen LogP) is 4.69. The van der Waals surface area contributed by atoms with Crippen LogP contribution in [-0.2, 0) is 4.79 Å². The van der Waals surface area contributed by atoms with E-state index in [-0.39, 0.29) is 4.75 Å². The molecule has 0 rings (SSSR count). The molecule has 1 atom stereocenters. The first-order valence-electron chi connectivity index (χ1n) is 6.54. The van der Waals surface area contributed by atoms with Gasteiger partial charge in [-0.25, -0.2) is 0 Å². The molecule has 0 spiro atoms. The zero-order valence-corrected chi connectivity index (χ0v) is 12.5. The van der Waals surface area contributed by atoms with Crippen molar-refractivity contribution in [3.8, 4) is 0 Å². The molecule has 0 aromatic rings. The molecule has 0 aromatic carbocycles. The summed E-state index contributed by atoms with van der Waals surface area (Å²) in [5.41, 5.74) is 0. The predicted molar refractivity (Wildman–Crippen MR) is 75.1 cm³/mol. The number of carbonyl (C=O) groups is 1. The second kappa shape index (κ2) is 8.16. The van der Waals surface area contributed by atoms with Crippen molar-refractivity contribution in [2.75, 3.05) is 5.75 Å². The first-order valence-corrected chi connectivity index (χ1v) is 7.53. The summed E-state index contributed by atoms with van der Waals surface area (Å²) in [5, 5.41) is 0. The largest absolute Gasteiger partial charge is 0.299 e. The molecule has 1 nitrogen and oxygen atoms in total. The minimum atomic E-state index is 0.209. The van der Waals surface area contributed by atoms with E-state index in [1.807, 2.05) is 0 Å². The fourth-order valence-corrected chi connectivity index (χ4v) is 2.33. The molecule has 0 aromatic heterocycles. The van der Waals surface area contributed by atoms with Gasteiger partial charge in [0.05, 0.1) is 5.75 Å². The van der Waals surface area contributed by atoms with Gasteiger partial charge in [-0.15, -0.1) is 11.8 Å². The summed E-state index contributed by atoms with van der Waals surface area (Å²) < 4.78 is 0.209. The number of thioether (sulfide) groups is 1. The average molecular weight is 244 g/mol. The Labute approximate surface area is 106 Å². The Morgan fingerprint density at radius 3 is 2.31 bits per heavy atom. The van der Waals surface area contributed by atoms with Crippen LogP contribution < -0.4 is 0 Å². The van der Waals surface area contributed by atoms with E-state index >= 15 is 0 Å². The van der Waals surface area contributed by atoms with Gasteiger partial charge in [-0.3, -0.25) is 4.79 Å². The molecule has 0 radical (unpaired) electrons. The Kier molecular flexibility index (Phi) is 8.17. The standard InChI is InChI=1S/C14H28OS/c1-6-8-9-12(7-2)10-13(15)11-16-14(3,4)5/h12H,6-11H2,1-5H3. The van der Waals surface area contributed by atoms with Crippen LogP contribution in [0.25, 0.3) is 0 Å². The van der Waals surface area contributed by atoms with Crippen LogP contribution in [0.15, 0.2) is 0 Å². The molecule has 0 aliphatic rings. The van der Waals surface area contributed by atoms with Crippen molar-refractivity contribution in [2.24, 2.45) is 5.92 Å². The Bertz CT molecular complexity index is 193. The van der Waals surface area contributed by atoms with Crippen LogP contribution in [-0.4, -0.2) is 16.3 Å². The van der Waals surface area contributed by atoms with Gasteiger partial charge in [-0.2, -0.15) is 0 Å². The van der Waals surface area contributed by atoms with Crippen LogP contribution in [0.4, 0.5) is 0 Å². The lowest BCUT2D eigenvalue weighted by Crippen LogP contribution is -2.15. The molecule has 0 saturated carbocycles. The maximum absolute atomic E-state index is 11.8. The second-order valence-electron chi connectivity index (χ2n) is 5.56. The molecule has 96 valence electrons. The fraction of sp³-hybridized carbons (Fsp3) is 0.929. The maximum Gasteiger partial charge on any atom is 0.143 e. The minimum absolute atomic E-state index is 0.209. The summed E-state index contributed by atoms with van der Waals surface area (Å²) in [7, 11) is 0. The number of ketones is 1. The third-order valence-electron chi connectivity index (χ3n) is 2.73. The van der Waals surface area contributed by atoms with Gasteiger partial charge in [0.1, 0.15) is 5.78 Å². The molecular weight excluding hydrogens is 216 g/mol. The molecule has 0 heterocycles. The van der Waals surface area contributed by atoms with Crippen molar-refractivity contribution >= 4 is 17.5 Å². The van der Waals surface area contributed by atoms with E-state index in [9.17, 15) is 4.79 Å². The van der Waals surface area contributed by atoms with Crippen molar-refractivity contribution in [1.82, 2.24) is 0 Å². The lowest BCUT2D eigenvalue weighted by molar-refractivity contribution is -0.117. The lowest BCUT2D eigenvalue weighted by atomic mass is 9.94. The van der Waals surface area contributed by atoms with E-state index in [4.69, 9.17) is 0 Å². The maximum atomic E-state index is 11.8. The lowest BCUT2D eigenvalue weighted by Gasteiger charge is -2.18. The van der Waals surface area contributed by atoms with Gasteiger partial charge in [0, 0.05) is 11.2 Å². The highest BCUT2D eigenvalue weighted by Crippen LogP contribution is 2.25. The van der Waals surface area contributed by atoms with Crippen LogP contribution in [0, 0.1) is 5.92 Å². The van der Waals surface area contributed by atoms with Gasteiger partial charge in [-0.05, 0) is 5.92 Å². The van der Waals surface area contributed by atoms with E-state index in [0.29, 0.717) is 17.5 Å². The first-order chi connectivity index (χ1) is 7.39. The number of hydrogen-bond donors (Lipinski definition) is 0. The number of unbranched alkanes of at least 4 members (excludes halogenated alkanes) is 1. The molecule has 16 heavy (non-hydrogen) atoms. The molecule has 0 N–H and O–H groups in total. The number of carbonyl (C=O) groups excluding carboxylic acids is 1. The fourth-order valence-electron chi connectivity index (χ4n) is 1.62. The SMILES string of the molecule is CCCCC(CC)CC(=O)CSC(C)(C)C. The molecule has 0 aliphatic heterocycles. The summed E-state index contributed by atoms with van der Waals surface area (Å²) in [6, 6.07) is 0. The average Bonchev–Trinajstić information content (AvgIpc) is 2.20. The quantitative estimate of drug-likeness (QED) is 0.616. The van der Waals surface area contributed by atoms with Gasteiger partial charge in [0.15, 0.2) is 0 Å². The number of hydrogen-bond acceptors (Lipinski definition) is 2. The Balaban J connectivity index is 3.83. The van der Waals surface area contributed by atoms with Crippen LogP contribution in [0.2, 0.25) is 0 Å². The third kappa shape index (κ3) is 9.26. The Morgan fingerprint density at radius 1 is 1.25 bits per heavy atom. The van der Waals surface area contributed by atoms with Crippen molar-refractivity contribution in [1.29, 1.82) is 0 Å². The highest BCUT2D eigenvalue weighted by atomic mass is 32.2. The highest BCUT2D eigenvalue weighted by molar-refractivity contribution is 8.01. The van der Waals surface area contributed by atoms with Crippen molar-refractivity contribution in [3.05, 3.63) is 0 Å². The van der Waals surface area contributed by atoms with Gasteiger partial charge < -0.3 is 0 Å². The minimum Gasteiger partial charge on any atom is -0.299 e. The van der Waals surface area contributed by atoms with E-state index in [0.717, 1.165) is 12.8 Å². The van der Waals surface area contributed by atoms with Gasteiger partial charge >= 0.3 is 0 Å². The normalized spacial score (nSPS) is 13.8. The monoisotopic (exact) mass is 244 g/mol. The first kappa shape index (κ1) is 16.0. The summed E-state index contributed by atoms with van der Waals surface area (Å²) in [5.74, 6) is 1.74. The Morgan fingerprint density at radius 2 is 1.88 bits per heavy atom. The van der Waals surface area contributed by atoms with Crippen LogP contribution >= 0.6 is 11.8 Å². The van der Waals surface area contributed by atoms with Gasteiger partial charge in [0.2, 0.25) is 0 Å². The van der Waals surface area contributed by atoms with Crippen LogP contribution in [0.3, 0.4) is 0 Å². The molecule has 0 saturated heterocycles. The Hall–Kier alpha value is 0.0200. The van der Waals surface area contributed by atoms with Crippen LogP contribution in [0.1, 0.15) is 66.7 Å². The second-order valence-corrected chi connectivity index (χ2v) is 7.36. The molecule has 0 aliphatic carbocycles. The van der Waals surface area contributed by atoms with E-state index in [2.05, 4.69) is 34.6 Å². The van der Waals surface area contributed by atoms with Crippen molar-refractivity contribution in [3.63, 3.8) is 0 Å². The van der Waals surface area contributed by atoms with Crippen molar-refractivity contribution < 1.29 is 4.79 Å². The molecule has 0 amide bonds. The molecule has 0 fully saturated rings. The van der Waals surface area contributed by atoms with E-state index in [1.54, 1.807) is 11.8 Å². The van der Waals surface area contributed by atoms with E-state index in [1.165, 1.54) is 19.3 Å². The topological polar surface area (TPSA) is 17.1 Å². The molecule has 1 unspecified atom stereocenters. The summed E-state index contributed by atoms with van der Waals surface area (Å²) in [6.45, 7) is 10.9. The summed E-state index contributed by atoms with van der Waals surface area (Å²) in [6.07, 6.45) is 5.66. The van der Waals surface area contributed by atoms with Crippen molar-refractivity contribution in [2.45, 2.75) is 71.5 Å². The smallest absolute Gasteiger partial charge is 0.143 e. The summed E-state index contributed by atoms with van der Waals surface area (Å²) >= 11 is 1.77. The third-order valence-corrected chi connectivity index (χ3v) is 4.06. The van der Waals surface area contributed by atoms with Gasteiger partial charge in [-0.1, -0.05) is 60.3 Å². The van der Waals surface area contributed by atoms with Crippen LogP contribution in [0.5, 0.6) is 0 Å². The summed E-state index contributed by atoms with van der Waals surface area (Å²) in [4.78, 5) is 11.8. The van der Waals surface area contributed by atoms with E-state index < -0.39 is 0 Å². The van der Waals surface area contributed by atoms with Gasteiger partial charge in [0.25, 0.3) is 0 Å².